The van der Waals surface area contributed by atoms with Crippen LogP contribution in [0.15, 0.2) is 42.5 Å². The van der Waals surface area contributed by atoms with Crippen LogP contribution in [0.5, 0.6) is 5.75 Å². The van der Waals surface area contributed by atoms with E-state index < -0.39 is 0 Å². The topological polar surface area (TPSA) is 53.6 Å². The third-order valence-electron chi connectivity index (χ3n) is 8.20. The number of ether oxygens (including phenoxy) is 1. The molecule has 3 aliphatic heterocycles. The average Bonchev–Trinajstić information content (AvgIpc) is 3.54. The number of anilines is 1. The van der Waals surface area contributed by atoms with E-state index >= 15 is 0 Å². The minimum absolute atomic E-state index is 0.000386. The second-order valence-corrected chi connectivity index (χ2v) is 9.80. The molecule has 5 atom stereocenters. The van der Waals surface area contributed by atoms with Crippen molar-refractivity contribution >= 4 is 11.6 Å². The van der Waals surface area contributed by atoms with Crippen molar-refractivity contribution in [3.63, 3.8) is 0 Å². The molecule has 0 radical (unpaired) electrons. The molecule has 0 spiro atoms. The fourth-order valence-corrected chi connectivity index (χ4v) is 6.41. The molecule has 2 aromatic rings. The lowest BCUT2D eigenvalue weighted by Crippen LogP contribution is -2.58. The number of nitrogens with one attached hydrogen (secondary N) is 2. The molecule has 6 rings (SSSR count). The summed E-state index contributed by atoms with van der Waals surface area (Å²) in [6, 6.07) is 16.3. The summed E-state index contributed by atoms with van der Waals surface area (Å²) in [5.74, 6) is 1.76. The van der Waals surface area contributed by atoms with Gasteiger partial charge in [0.05, 0.1) is 12.6 Å². The third-order valence-corrected chi connectivity index (χ3v) is 8.20. The van der Waals surface area contributed by atoms with E-state index in [0.717, 1.165) is 30.0 Å². The van der Waals surface area contributed by atoms with Gasteiger partial charge in [-0.2, -0.15) is 0 Å². The monoisotopic (exact) mass is 417 g/mol. The van der Waals surface area contributed by atoms with Gasteiger partial charge in [-0.15, -0.1) is 0 Å². The Kier molecular flexibility index (Phi) is 4.41. The van der Waals surface area contributed by atoms with E-state index in [-0.39, 0.29) is 17.4 Å². The molecule has 2 bridgehead atoms. The number of carbonyl (C=O) groups excluding carboxylic acids is 1. The van der Waals surface area contributed by atoms with Gasteiger partial charge in [0.25, 0.3) is 0 Å². The molecule has 3 heterocycles. The molecule has 162 valence electrons. The van der Waals surface area contributed by atoms with Gasteiger partial charge in [-0.1, -0.05) is 30.3 Å². The molecule has 5 heteroatoms. The first-order valence-corrected chi connectivity index (χ1v) is 11.7. The maximum absolute atomic E-state index is 12.6. The molecule has 1 saturated carbocycles. The molecule has 1 aliphatic carbocycles. The maximum Gasteiger partial charge on any atom is 0.230 e. The first-order valence-electron chi connectivity index (χ1n) is 11.7. The summed E-state index contributed by atoms with van der Waals surface area (Å²) in [6.45, 7) is 0.734. The lowest BCUT2D eigenvalue weighted by Gasteiger charge is -2.43. The molecular weight excluding hydrogens is 386 g/mol. The van der Waals surface area contributed by atoms with Gasteiger partial charge >= 0.3 is 0 Å². The predicted octanol–water partition coefficient (Wildman–Crippen LogP) is 3.67. The number of methoxy groups -OCH3 is 1. The first kappa shape index (κ1) is 19.3. The van der Waals surface area contributed by atoms with Gasteiger partial charge in [0.2, 0.25) is 5.91 Å². The molecule has 2 aromatic carbocycles. The lowest BCUT2D eigenvalue weighted by atomic mass is 9.79. The van der Waals surface area contributed by atoms with E-state index in [1.54, 1.807) is 7.11 Å². The van der Waals surface area contributed by atoms with E-state index in [1.807, 2.05) is 11.9 Å². The highest BCUT2D eigenvalue weighted by molar-refractivity contribution is 6.01. The Labute approximate surface area is 184 Å². The minimum atomic E-state index is -0.000386. The fraction of sp³-hybridized carbons (Fsp3) is 0.500. The van der Waals surface area contributed by atoms with E-state index in [4.69, 9.17) is 4.74 Å². The van der Waals surface area contributed by atoms with Crippen LogP contribution in [0.25, 0.3) is 0 Å². The number of amides is 1. The zero-order chi connectivity index (χ0) is 21.2. The van der Waals surface area contributed by atoms with Crippen LogP contribution in [0.1, 0.15) is 54.7 Å². The standard InChI is InChI=1S/C26H31N3O2/c1-29-22-12-16(23(31-2)14-20(22)19-13-21(19)25(29)30)15-27-24-9-8-18-10-11-26(24,28-18)17-6-4-3-5-7-17/h3-7,12,14,18-19,21,24,27-28H,8-11,13,15H2,1-2H3/t18?,19?,21-,24?,26?/m0/s1. The Morgan fingerprint density at radius 2 is 2.00 bits per heavy atom. The quantitative estimate of drug-likeness (QED) is 0.779. The van der Waals surface area contributed by atoms with Crippen LogP contribution in [0.3, 0.4) is 0 Å². The highest BCUT2D eigenvalue weighted by atomic mass is 16.5. The van der Waals surface area contributed by atoms with Crippen LogP contribution < -0.4 is 20.3 Å². The summed E-state index contributed by atoms with van der Waals surface area (Å²) < 4.78 is 5.79. The summed E-state index contributed by atoms with van der Waals surface area (Å²) >= 11 is 0. The Hall–Kier alpha value is -2.37. The van der Waals surface area contributed by atoms with Gasteiger partial charge in [-0.3, -0.25) is 4.79 Å². The van der Waals surface area contributed by atoms with Crippen molar-refractivity contribution in [2.24, 2.45) is 5.92 Å². The van der Waals surface area contributed by atoms with Gasteiger partial charge in [-0.25, -0.2) is 0 Å². The minimum Gasteiger partial charge on any atom is -0.496 e. The summed E-state index contributed by atoms with van der Waals surface area (Å²) in [4.78, 5) is 14.4. The van der Waals surface area contributed by atoms with E-state index in [0.29, 0.717) is 18.0 Å². The Morgan fingerprint density at radius 3 is 2.81 bits per heavy atom. The summed E-state index contributed by atoms with van der Waals surface area (Å²) in [7, 11) is 3.66. The van der Waals surface area contributed by atoms with Gasteiger partial charge in [-0.05, 0) is 61.3 Å². The van der Waals surface area contributed by atoms with Crippen molar-refractivity contribution in [3.05, 3.63) is 59.2 Å². The summed E-state index contributed by atoms with van der Waals surface area (Å²) in [6.07, 6.45) is 5.77. The highest BCUT2D eigenvalue weighted by Gasteiger charge is 2.51. The van der Waals surface area contributed by atoms with Crippen molar-refractivity contribution in [2.75, 3.05) is 19.1 Å². The Balaban J connectivity index is 1.29. The van der Waals surface area contributed by atoms with Crippen LogP contribution in [-0.4, -0.2) is 32.1 Å². The number of nitrogens with zero attached hydrogens (tertiary/aromatic N) is 1. The number of rotatable bonds is 5. The van der Waals surface area contributed by atoms with Gasteiger partial charge in [0.15, 0.2) is 0 Å². The van der Waals surface area contributed by atoms with E-state index in [9.17, 15) is 4.79 Å². The highest BCUT2D eigenvalue weighted by Crippen LogP contribution is 2.56. The van der Waals surface area contributed by atoms with Crippen LogP contribution in [0, 0.1) is 5.92 Å². The maximum atomic E-state index is 12.6. The number of fused-ring (bicyclic) bond motifs is 5. The Bertz CT molecular complexity index is 1020. The lowest BCUT2D eigenvalue weighted by molar-refractivity contribution is -0.119. The molecule has 3 fully saturated rings. The molecule has 4 unspecified atom stereocenters. The van der Waals surface area contributed by atoms with Gasteiger partial charge in [0.1, 0.15) is 5.75 Å². The largest absolute Gasteiger partial charge is 0.496 e. The van der Waals surface area contributed by atoms with E-state index in [1.165, 1.54) is 36.8 Å². The van der Waals surface area contributed by atoms with Crippen molar-refractivity contribution < 1.29 is 9.53 Å². The number of piperidine rings is 1. The second kappa shape index (κ2) is 7.07. The van der Waals surface area contributed by atoms with Crippen molar-refractivity contribution in [2.45, 2.75) is 62.2 Å². The van der Waals surface area contributed by atoms with Gasteiger partial charge in [0, 0.05) is 42.8 Å². The van der Waals surface area contributed by atoms with Gasteiger partial charge < -0.3 is 20.3 Å². The van der Waals surface area contributed by atoms with Crippen LogP contribution in [0.2, 0.25) is 0 Å². The normalized spacial score (nSPS) is 33.1. The van der Waals surface area contributed by atoms with Crippen molar-refractivity contribution in [3.8, 4) is 5.75 Å². The van der Waals surface area contributed by atoms with E-state index in [2.05, 4.69) is 53.1 Å². The number of benzene rings is 2. The van der Waals surface area contributed by atoms with Crippen LogP contribution in [0.4, 0.5) is 5.69 Å². The van der Waals surface area contributed by atoms with Crippen LogP contribution >= 0.6 is 0 Å². The molecule has 4 aliphatic rings. The van der Waals surface area contributed by atoms with Crippen molar-refractivity contribution in [1.29, 1.82) is 0 Å². The van der Waals surface area contributed by atoms with Crippen LogP contribution in [-0.2, 0) is 16.9 Å². The molecular formula is C26H31N3O2. The Morgan fingerprint density at radius 1 is 1.16 bits per heavy atom. The second-order valence-electron chi connectivity index (χ2n) is 9.80. The molecule has 5 nitrogen and oxygen atoms in total. The number of hydrogen-bond acceptors (Lipinski definition) is 4. The zero-order valence-corrected chi connectivity index (χ0v) is 18.4. The predicted molar refractivity (Wildman–Crippen MR) is 121 cm³/mol. The molecule has 31 heavy (non-hydrogen) atoms. The first-order chi connectivity index (χ1) is 15.1. The van der Waals surface area contributed by atoms with Crippen molar-refractivity contribution in [1.82, 2.24) is 10.6 Å². The molecule has 0 aromatic heterocycles. The smallest absolute Gasteiger partial charge is 0.230 e. The molecule has 2 N–H and O–H groups in total. The molecule has 1 amide bonds. The zero-order valence-electron chi connectivity index (χ0n) is 18.4. The summed E-state index contributed by atoms with van der Waals surface area (Å²) in [5.41, 5.74) is 4.84. The number of carbonyl (C=O) groups is 1. The number of hydrogen-bond donors (Lipinski definition) is 2. The fourth-order valence-electron chi connectivity index (χ4n) is 6.41. The third kappa shape index (κ3) is 2.94. The average molecular weight is 418 g/mol. The SMILES string of the molecule is COc1cc2c(cc1CNC1CCC3CCC1(c1ccccc1)N3)N(C)C(=O)[C@H]1CC21. The summed E-state index contributed by atoms with van der Waals surface area (Å²) in [5, 5.41) is 7.85. The molecule has 2 saturated heterocycles.